The fraction of sp³-hybridized carbons (Fsp3) is 0.194. The number of carbonyl (C=O) groups is 3. The van der Waals surface area contributed by atoms with E-state index in [4.69, 9.17) is 0 Å². The fourth-order valence-electron chi connectivity index (χ4n) is 6.73. The van der Waals surface area contributed by atoms with Gasteiger partial charge < -0.3 is 0 Å². The van der Waals surface area contributed by atoms with E-state index in [0.29, 0.717) is 11.3 Å². The maximum absolute atomic E-state index is 14.0. The smallest absolute Gasteiger partial charge is 0.270 e. The molecule has 3 amide bonds. The van der Waals surface area contributed by atoms with Gasteiger partial charge in [-0.15, -0.1) is 0 Å². The van der Waals surface area contributed by atoms with Crippen molar-refractivity contribution in [3.05, 3.63) is 124 Å². The van der Waals surface area contributed by atoms with E-state index in [2.05, 4.69) is 29.7 Å². The van der Waals surface area contributed by atoms with Crippen LogP contribution in [-0.4, -0.2) is 22.4 Å². The Balaban J connectivity index is 1.28. The van der Waals surface area contributed by atoms with Crippen molar-refractivity contribution in [3.63, 3.8) is 0 Å². The molecule has 3 aromatic carbocycles. The van der Waals surface area contributed by atoms with Crippen LogP contribution in [0.5, 0.6) is 0 Å². The minimum Gasteiger partial charge on any atom is -0.274 e. The largest absolute Gasteiger partial charge is 0.274 e. The number of carbonyl (C=O) groups excluding carboxylic acids is 3. The minimum atomic E-state index is -0.454. The molecule has 0 unspecified atom stereocenters. The third kappa shape index (κ3) is 2.96. The van der Waals surface area contributed by atoms with Crippen LogP contribution in [0.25, 0.3) is 0 Å². The van der Waals surface area contributed by atoms with E-state index in [0.717, 1.165) is 33.6 Å². The van der Waals surface area contributed by atoms with Crippen LogP contribution in [0.15, 0.2) is 84.9 Å². The van der Waals surface area contributed by atoms with Crippen molar-refractivity contribution >= 4 is 23.4 Å². The van der Waals surface area contributed by atoms with E-state index in [-0.39, 0.29) is 29.6 Å². The number of aryl methyl sites for hydroxylation is 2. The Morgan fingerprint density at radius 1 is 0.676 bits per heavy atom. The Bertz CT molecular complexity index is 1500. The number of nitrogens with one attached hydrogen (secondary N) is 1. The molecule has 1 aliphatic heterocycles. The van der Waals surface area contributed by atoms with Crippen LogP contribution in [-0.2, 0) is 9.59 Å². The fourth-order valence-corrected chi connectivity index (χ4v) is 6.73. The van der Waals surface area contributed by atoms with Gasteiger partial charge in [-0.3, -0.25) is 24.5 Å². The molecule has 3 aliphatic carbocycles. The SMILES string of the molecule is Cc1ccc(C)n1NC(=O)c1cccc(N2C(=O)[C@@H]3C4c5ccccc5C(c5ccccc54)[C@@H]3C2=O)c1. The minimum absolute atomic E-state index is 0.157. The molecule has 2 bridgehead atoms. The number of nitrogens with zero attached hydrogens (tertiary/aromatic N) is 2. The van der Waals surface area contributed by atoms with Crippen molar-refractivity contribution in [1.29, 1.82) is 0 Å². The standard InChI is InChI=1S/C31H25N3O3/c1-17-14-15-18(2)34(17)32-29(35)19-8-7-9-20(16-19)33-30(36)27-25-21-10-3-4-11-22(21)26(28(27)31(33)37)24-13-6-5-12-23(24)25/h3-16,25-28H,1-2H3,(H,32,35)/t25?,26?,27-,28+. The molecule has 0 spiro atoms. The molecule has 2 atom stereocenters. The first kappa shape index (κ1) is 21.8. The lowest BCUT2D eigenvalue weighted by Crippen LogP contribution is -2.41. The maximum atomic E-state index is 14.0. The highest BCUT2D eigenvalue weighted by atomic mass is 16.2. The maximum Gasteiger partial charge on any atom is 0.270 e. The average Bonchev–Trinajstić information content (AvgIpc) is 3.38. The molecule has 1 fully saturated rings. The molecule has 6 heteroatoms. The molecule has 182 valence electrons. The van der Waals surface area contributed by atoms with Crippen molar-refractivity contribution in [2.45, 2.75) is 25.7 Å². The number of hydrogen-bond donors (Lipinski definition) is 1. The summed E-state index contributed by atoms with van der Waals surface area (Å²) in [4.78, 5) is 42.4. The predicted molar refractivity (Wildman–Crippen MR) is 140 cm³/mol. The number of benzene rings is 3. The third-order valence-corrected chi connectivity index (χ3v) is 8.30. The Hall–Kier alpha value is -4.45. The molecule has 4 aromatic rings. The summed E-state index contributed by atoms with van der Waals surface area (Å²) in [6.45, 7) is 3.83. The van der Waals surface area contributed by atoms with Crippen molar-refractivity contribution in [2.75, 3.05) is 10.3 Å². The van der Waals surface area contributed by atoms with E-state index < -0.39 is 11.8 Å². The summed E-state index contributed by atoms with van der Waals surface area (Å²) in [5.74, 6) is -1.91. The van der Waals surface area contributed by atoms with Crippen LogP contribution in [0.2, 0.25) is 0 Å². The van der Waals surface area contributed by atoms with Crippen LogP contribution in [0.4, 0.5) is 5.69 Å². The summed E-state index contributed by atoms with van der Waals surface area (Å²) in [6.07, 6.45) is 0. The Labute approximate surface area is 214 Å². The molecule has 1 saturated heterocycles. The molecule has 1 aromatic heterocycles. The zero-order valence-electron chi connectivity index (χ0n) is 20.5. The van der Waals surface area contributed by atoms with Gasteiger partial charge in [-0.1, -0.05) is 54.6 Å². The zero-order valence-corrected chi connectivity index (χ0v) is 20.5. The number of amides is 3. The topological polar surface area (TPSA) is 71.4 Å². The predicted octanol–water partition coefficient (Wildman–Crippen LogP) is 4.89. The highest BCUT2D eigenvalue weighted by Crippen LogP contribution is 2.61. The first-order valence-electron chi connectivity index (χ1n) is 12.6. The quantitative estimate of drug-likeness (QED) is 0.419. The van der Waals surface area contributed by atoms with Gasteiger partial charge in [0.1, 0.15) is 0 Å². The van der Waals surface area contributed by atoms with Crippen LogP contribution in [0, 0.1) is 25.7 Å². The molecule has 0 radical (unpaired) electrons. The van der Waals surface area contributed by atoms with Crippen molar-refractivity contribution in [1.82, 2.24) is 4.68 Å². The van der Waals surface area contributed by atoms with Crippen LogP contribution in [0.3, 0.4) is 0 Å². The molecular weight excluding hydrogens is 462 g/mol. The molecule has 8 rings (SSSR count). The lowest BCUT2D eigenvalue weighted by Gasteiger charge is -2.45. The van der Waals surface area contributed by atoms with Gasteiger partial charge >= 0.3 is 0 Å². The average molecular weight is 488 g/mol. The van der Waals surface area contributed by atoms with E-state index in [1.165, 1.54) is 4.90 Å². The molecule has 0 saturated carbocycles. The highest BCUT2D eigenvalue weighted by molar-refractivity contribution is 6.23. The molecule has 37 heavy (non-hydrogen) atoms. The molecule has 2 heterocycles. The van der Waals surface area contributed by atoms with Gasteiger partial charge in [0.15, 0.2) is 0 Å². The summed E-state index contributed by atoms with van der Waals surface area (Å²) >= 11 is 0. The zero-order chi connectivity index (χ0) is 25.4. The lowest BCUT2D eigenvalue weighted by atomic mass is 9.55. The monoisotopic (exact) mass is 487 g/mol. The molecule has 4 aliphatic rings. The second-order valence-corrected chi connectivity index (χ2v) is 10.2. The van der Waals surface area contributed by atoms with E-state index >= 15 is 0 Å². The van der Waals surface area contributed by atoms with E-state index in [1.807, 2.05) is 50.2 Å². The van der Waals surface area contributed by atoms with Gasteiger partial charge in [0, 0.05) is 28.8 Å². The van der Waals surface area contributed by atoms with E-state index in [9.17, 15) is 14.4 Å². The van der Waals surface area contributed by atoms with Gasteiger partial charge in [-0.05, 0) is 66.4 Å². The van der Waals surface area contributed by atoms with E-state index in [1.54, 1.807) is 28.9 Å². The van der Waals surface area contributed by atoms with Crippen molar-refractivity contribution < 1.29 is 14.4 Å². The first-order chi connectivity index (χ1) is 18.0. The third-order valence-electron chi connectivity index (χ3n) is 8.30. The summed E-state index contributed by atoms with van der Waals surface area (Å²) in [5.41, 5.74) is 10.1. The summed E-state index contributed by atoms with van der Waals surface area (Å²) < 4.78 is 1.72. The molecule has 6 nitrogen and oxygen atoms in total. The highest BCUT2D eigenvalue weighted by Gasteiger charge is 2.61. The second kappa shape index (κ2) is 7.77. The van der Waals surface area contributed by atoms with Crippen LogP contribution < -0.4 is 10.3 Å². The second-order valence-electron chi connectivity index (χ2n) is 10.2. The number of imide groups is 1. The van der Waals surface area contributed by atoms with Gasteiger partial charge in [0.05, 0.1) is 17.5 Å². The summed E-state index contributed by atoms with van der Waals surface area (Å²) in [7, 11) is 0. The van der Waals surface area contributed by atoms with Gasteiger partial charge in [0.25, 0.3) is 5.91 Å². The van der Waals surface area contributed by atoms with Crippen LogP contribution >= 0.6 is 0 Å². The summed E-state index contributed by atoms with van der Waals surface area (Å²) in [5, 5.41) is 0. The van der Waals surface area contributed by atoms with Gasteiger partial charge in [-0.2, -0.15) is 0 Å². The Kier molecular flexibility index (Phi) is 4.58. The number of anilines is 1. The van der Waals surface area contributed by atoms with Gasteiger partial charge in [-0.25, -0.2) is 4.90 Å². The van der Waals surface area contributed by atoms with Crippen LogP contribution in [0.1, 0.15) is 55.8 Å². The normalized spacial score (nSPS) is 23.0. The number of aromatic nitrogens is 1. The first-order valence-corrected chi connectivity index (χ1v) is 12.6. The molecule has 1 N–H and O–H groups in total. The summed E-state index contributed by atoms with van der Waals surface area (Å²) in [6, 6.07) is 27.0. The van der Waals surface area contributed by atoms with Gasteiger partial charge in [0.2, 0.25) is 11.8 Å². The number of hydrogen-bond acceptors (Lipinski definition) is 3. The number of rotatable bonds is 3. The molecular formula is C31H25N3O3. The van der Waals surface area contributed by atoms with Crippen molar-refractivity contribution in [2.24, 2.45) is 11.8 Å². The van der Waals surface area contributed by atoms with Crippen molar-refractivity contribution in [3.8, 4) is 0 Å². The lowest BCUT2D eigenvalue weighted by molar-refractivity contribution is -0.122. The Morgan fingerprint density at radius 3 is 1.65 bits per heavy atom. The Morgan fingerprint density at radius 2 is 1.16 bits per heavy atom.